The number of ether oxygens (including phenoxy) is 1. The van der Waals surface area contributed by atoms with E-state index < -0.39 is 5.82 Å². The van der Waals surface area contributed by atoms with Gasteiger partial charge in [0.05, 0.1) is 11.2 Å². The van der Waals surface area contributed by atoms with Crippen LogP contribution >= 0.6 is 11.6 Å². The number of carbonyl (C=O) groups is 1. The first kappa shape index (κ1) is 18.2. The van der Waals surface area contributed by atoms with Gasteiger partial charge in [0.15, 0.2) is 0 Å². The number of pyridine rings is 1. The molecule has 2 saturated heterocycles. The van der Waals surface area contributed by atoms with Crippen molar-refractivity contribution in [3.05, 3.63) is 59.1 Å². The highest BCUT2D eigenvalue weighted by molar-refractivity contribution is 6.30. The van der Waals surface area contributed by atoms with E-state index in [-0.39, 0.29) is 29.1 Å². The molecule has 2 aliphatic heterocycles. The van der Waals surface area contributed by atoms with Gasteiger partial charge >= 0.3 is 0 Å². The van der Waals surface area contributed by atoms with Crippen LogP contribution < -0.4 is 4.74 Å². The molecule has 2 aliphatic rings. The van der Waals surface area contributed by atoms with Crippen molar-refractivity contribution in [2.45, 2.75) is 56.7 Å². The number of amides is 1. The lowest BCUT2D eigenvalue weighted by Gasteiger charge is -2.39. The summed E-state index contributed by atoms with van der Waals surface area (Å²) in [6.07, 6.45) is 8.37. The van der Waals surface area contributed by atoms with E-state index >= 15 is 0 Å². The number of hydrogen-bond acceptors (Lipinski definition) is 3. The first-order valence-corrected chi connectivity index (χ1v) is 9.79. The van der Waals surface area contributed by atoms with Gasteiger partial charge in [-0.25, -0.2) is 4.39 Å². The predicted molar refractivity (Wildman–Crippen MR) is 101 cm³/mol. The van der Waals surface area contributed by atoms with Crippen molar-refractivity contribution in [1.29, 1.82) is 0 Å². The second-order valence-corrected chi connectivity index (χ2v) is 7.74. The minimum atomic E-state index is -0.430. The number of fused-ring (bicyclic) bond motifs is 2. The summed E-state index contributed by atoms with van der Waals surface area (Å²) in [5, 5.41) is 0.105. The fourth-order valence-electron chi connectivity index (χ4n) is 4.32. The number of rotatable bonds is 5. The Morgan fingerprint density at radius 3 is 2.70 bits per heavy atom. The monoisotopic (exact) mass is 388 g/mol. The van der Waals surface area contributed by atoms with E-state index in [0.717, 1.165) is 37.0 Å². The molecule has 1 amide bonds. The van der Waals surface area contributed by atoms with Gasteiger partial charge < -0.3 is 9.64 Å². The van der Waals surface area contributed by atoms with Crippen molar-refractivity contribution in [3.8, 4) is 5.75 Å². The minimum absolute atomic E-state index is 0.105. The van der Waals surface area contributed by atoms with Crippen molar-refractivity contribution < 1.29 is 13.9 Å². The minimum Gasteiger partial charge on any atom is -0.489 e. The Morgan fingerprint density at radius 2 is 2.04 bits per heavy atom. The van der Waals surface area contributed by atoms with Crippen LogP contribution in [0.2, 0.25) is 5.02 Å². The van der Waals surface area contributed by atoms with Crippen LogP contribution in [0.25, 0.3) is 0 Å². The highest BCUT2D eigenvalue weighted by Crippen LogP contribution is 2.37. The summed E-state index contributed by atoms with van der Waals surface area (Å²) in [4.78, 5) is 19.0. The molecule has 0 spiro atoms. The van der Waals surface area contributed by atoms with Gasteiger partial charge in [-0.3, -0.25) is 9.78 Å². The van der Waals surface area contributed by atoms with Crippen molar-refractivity contribution in [1.82, 2.24) is 9.88 Å². The zero-order valence-corrected chi connectivity index (χ0v) is 15.7. The third-order valence-electron chi connectivity index (χ3n) is 5.53. The van der Waals surface area contributed by atoms with Gasteiger partial charge in [0.1, 0.15) is 17.7 Å². The van der Waals surface area contributed by atoms with Crippen LogP contribution in [-0.2, 0) is 11.2 Å². The number of aryl methyl sites for hydroxylation is 1. The quantitative estimate of drug-likeness (QED) is 0.762. The van der Waals surface area contributed by atoms with Crippen LogP contribution in [0.4, 0.5) is 4.39 Å². The third kappa shape index (κ3) is 4.08. The van der Waals surface area contributed by atoms with E-state index in [1.165, 1.54) is 6.07 Å². The molecule has 0 saturated carbocycles. The van der Waals surface area contributed by atoms with Crippen molar-refractivity contribution in [2.24, 2.45) is 0 Å². The first-order valence-electron chi connectivity index (χ1n) is 9.42. The molecule has 4 rings (SSSR count). The van der Waals surface area contributed by atoms with E-state index in [1.807, 2.05) is 12.1 Å². The van der Waals surface area contributed by atoms with Crippen LogP contribution in [0.3, 0.4) is 0 Å². The number of halogens is 2. The van der Waals surface area contributed by atoms with E-state index in [1.54, 1.807) is 24.5 Å². The molecule has 2 bridgehead atoms. The summed E-state index contributed by atoms with van der Waals surface area (Å²) in [7, 11) is 0. The summed E-state index contributed by atoms with van der Waals surface area (Å²) >= 11 is 5.83. The molecule has 0 N–H and O–H groups in total. The van der Waals surface area contributed by atoms with E-state index in [9.17, 15) is 9.18 Å². The van der Waals surface area contributed by atoms with Gasteiger partial charge in [-0.1, -0.05) is 17.7 Å². The lowest BCUT2D eigenvalue weighted by molar-refractivity contribution is -0.137. The number of nitrogens with zero attached hydrogens (tertiary/aromatic N) is 2. The molecule has 2 aromatic rings. The molecule has 2 unspecified atom stereocenters. The SMILES string of the molecule is O=C(CCc1ccc(F)c(Cl)c1)N1C2CCC1CC(Oc1cccnc1)C2. The molecular formula is C21H22ClFN2O2. The van der Waals surface area contributed by atoms with Crippen LogP contribution in [0.1, 0.15) is 37.7 Å². The van der Waals surface area contributed by atoms with Gasteiger partial charge in [-0.2, -0.15) is 0 Å². The van der Waals surface area contributed by atoms with Crippen LogP contribution in [-0.4, -0.2) is 34.0 Å². The van der Waals surface area contributed by atoms with Gasteiger partial charge in [-0.05, 0) is 49.1 Å². The van der Waals surface area contributed by atoms with Gasteiger partial charge in [-0.15, -0.1) is 0 Å². The molecule has 0 aliphatic carbocycles. The Labute approximate surface area is 163 Å². The van der Waals surface area contributed by atoms with Gasteiger partial charge in [0.25, 0.3) is 0 Å². The summed E-state index contributed by atoms with van der Waals surface area (Å²) in [6.45, 7) is 0. The normalized spacial score (nSPS) is 24.1. The first-order chi connectivity index (χ1) is 13.1. The van der Waals surface area contributed by atoms with Crippen LogP contribution in [0, 0.1) is 5.82 Å². The maximum Gasteiger partial charge on any atom is 0.223 e. The van der Waals surface area contributed by atoms with Gasteiger partial charge in [0.2, 0.25) is 5.91 Å². The summed E-state index contributed by atoms with van der Waals surface area (Å²) in [5.41, 5.74) is 0.886. The zero-order chi connectivity index (χ0) is 18.8. The third-order valence-corrected chi connectivity index (χ3v) is 5.82. The average Bonchev–Trinajstić information content (AvgIpc) is 2.94. The van der Waals surface area contributed by atoms with Crippen molar-refractivity contribution in [2.75, 3.05) is 0 Å². The molecule has 4 nitrogen and oxygen atoms in total. The fraction of sp³-hybridized carbons (Fsp3) is 0.429. The summed E-state index contributed by atoms with van der Waals surface area (Å²) < 4.78 is 19.3. The largest absolute Gasteiger partial charge is 0.489 e. The Hall–Kier alpha value is -2.14. The molecule has 2 fully saturated rings. The molecule has 1 aromatic heterocycles. The summed E-state index contributed by atoms with van der Waals surface area (Å²) in [6, 6.07) is 8.92. The highest BCUT2D eigenvalue weighted by Gasteiger charge is 2.43. The number of aromatic nitrogens is 1. The molecule has 1 aromatic carbocycles. The number of carbonyl (C=O) groups excluding carboxylic acids is 1. The standard InChI is InChI=1S/C21H22ClFN2O2/c22-19-10-14(3-7-20(19)23)4-8-21(26)25-15-5-6-16(25)12-18(11-15)27-17-2-1-9-24-13-17/h1-3,7,9-10,13,15-16,18H,4-6,8,11-12H2. The van der Waals surface area contributed by atoms with E-state index in [4.69, 9.17) is 16.3 Å². The lowest BCUT2D eigenvalue weighted by Crippen LogP contribution is -2.49. The molecule has 142 valence electrons. The maximum absolute atomic E-state index is 13.3. The molecule has 6 heteroatoms. The Bertz CT molecular complexity index is 803. The predicted octanol–water partition coefficient (Wildman–Crippen LogP) is 4.41. The highest BCUT2D eigenvalue weighted by atomic mass is 35.5. The lowest BCUT2D eigenvalue weighted by atomic mass is 9.98. The maximum atomic E-state index is 13.3. The Balaban J connectivity index is 1.34. The number of hydrogen-bond donors (Lipinski definition) is 0. The molecule has 0 radical (unpaired) electrons. The molecule has 2 atom stereocenters. The number of benzene rings is 1. The van der Waals surface area contributed by atoms with E-state index in [2.05, 4.69) is 9.88 Å². The average molecular weight is 389 g/mol. The number of piperidine rings is 1. The van der Waals surface area contributed by atoms with E-state index in [0.29, 0.717) is 12.8 Å². The molecule has 3 heterocycles. The van der Waals surface area contributed by atoms with Gasteiger partial charge in [0, 0.05) is 37.5 Å². The van der Waals surface area contributed by atoms with Crippen LogP contribution in [0.5, 0.6) is 5.75 Å². The molecule has 27 heavy (non-hydrogen) atoms. The van der Waals surface area contributed by atoms with Crippen LogP contribution in [0.15, 0.2) is 42.7 Å². The smallest absolute Gasteiger partial charge is 0.223 e. The topological polar surface area (TPSA) is 42.4 Å². The Morgan fingerprint density at radius 1 is 1.26 bits per heavy atom. The summed E-state index contributed by atoms with van der Waals surface area (Å²) in [5.74, 6) is 0.526. The fourth-order valence-corrected chi connectivity index (χ4v) is 4.52. The Kier molecular flexibility index (Phi) is 5.30. The second kappa shape index (κ2) is 7.85. The van der Waals surface area contributed by atoms with Crippen molar-refractivity contribution in [3.63, 3.8) is 0 Å². The second-order valence-electron chi connectivity index (χ2n) is 7.33. The van der Waals surface area contributed by atoms with Crippen molar-refractivity contribution >= 4 is 17.5 Å². The zero-order valence-electron chi connectivity index (χ0n) is 15.0. The molecular weight excluding hydrogens is 367 g/mol.